The topological polar surface area (TPSA) is 78.4 Å². The van der Waals surface area contributed by atoms with Crippen LogP contribution in [-0.4, -0.2) is 23.7 Å². The van der Waals surface area contributed by atoms with E-state index in [1.54, 1.807) is 13.8 Å². The molecule has 0 spiro atoms. The van der Waals surface area contributed by atoms with Gasteiger partial charge in [0.2, 0.25) is 0 Å². The second-order valence-electron chi connectivity index (χ2n) is 4.78. The SMILES string of the molecule is CC(C)C(CNC(=O)Nc1cc(F)c(F)c(F)c1)C(=O)O. The van der Waals surface area contributed by atoms with Gasteiger partial charge in [-0.05, 0) is 5.92 Å². The molecule has 1 aromatic rings. The van der Waals surface area contributed by atoms with Gasteiger partial charge in [-0.2, -0.15) is 0 Å². The molecule has 0 aromatic heterocycles. The van der Waals surface area contributed by atoms with Gasteiger partial charge in [-0.3, -0.25) is 4.79 Å². The summed E-state index contributed by atoms with van der Waals surface area (Å²) < 4.78 is 38.6. The number of halogens is 3. The van der Waals surface area contributed by atoms with Crippen LogP contribution in [0.3, 0.4) is 0 Å². The summed E-state index contributed by atoms with van der Waals surface area (Å²) in [5.41, 5.74) is -0.277. The Balaban J connectivity index is 2.64. The van der Waals surface area contributed by atoms with Crippen molar-refractivity contribution < 1.29 is 27.9 Å². The zero-order valence-corrected chi connectivity index (χ0v) is 11.4. The number of aliphatic carboxylic acids is 1. The standard InChI is InChI=1S/C13H15F3N2O3/c1-6(2)8(12(19)20)5-17-13(21)18-7-3-9(14)11(16)10(15)4-7/h3-4,6,8H,5H2,1-2H3,(H,19,20)(H2,17,18,21). The molecular formula is C13H15F3N2O3. The number of carbonyl (C=O) groups excluding carboxylic acids is 1. The average Bonchev–Trinajstić information content (AvgIpc) is 2.35. The second-order valence-corrected chi connectivity index (χ2v) is 4.78. The first-order chi connectivity index (χ1) is 9.72. The highest BCUT2D eigenvalue weighted by Crippen LogP contribution is 2.17. The normalized spacial score (nSPS) is 12.1. The molecular weight excluding hydrogens is 289 g/mol. The van der Waals surface area contributed by atoms with Crippen LogP contribution in [-0.2, 0) is 4.79 Å². The minimum absolute atomic E-state index is 0.148. The number of carbonyl (C=O) groups is 2. The van der Waals surface area contributed by atoms with Crippen molar-refractivity contribution in [3.8, 4) is 0 Å². The summed E-state index contributed by atoms with van der Waals surface area (Å²) in [6, 6.07) is 0.400. The van der Waals surface area contributed by atoms with E-state index >= 15 is 0 Å². The first-order valence-electron chi connectivity index (χ1n) is 6.14. The van der Waals surface area contributed by atoms with Crippen LogP contribution < -0.4 is 10.6 Å². The van der Waals surface area contributed by atoms with Crippen molar-refractivity contribution in [1.82, 2.24) is 5.32 Å². The number of rotatable bonds is 5. The van der Waals surface area contributed by atoms with E-state index in [2.05, 4.69) is 10.6 Å². The number of urea groups is 1. The zero-order valence-electron chi connectivity index (χ0n) is 11.4. The van der Waals surface area contributed by atoms with Crippen molar-refractivity contribution in [2.45, 2.75) is 13.8 Å². The minimum Gasteiger partial charge on any atom is -0.481 e. The summed E-state index contributed by atoms with van der Waals surface area (Å²) in [5, 5.41) is 13.3. The summed E-state index contributed by atoms with van der Waals surface area (Å²) >= 11 is 0. The van der Waals surface area contributed by atoms with Gasteiger partial charge in [0.25, 0.3) is 0 Å². The van der Waals surface area contributed by atoms with Crippen LogP contribution in [0.2, 0.25) is 0 Å². The molecule has 0 saturated heterocycles. The zero-order chi connectivity index (χ0) is 16.2. The second kappa shape index (κ2) is 6.96. The number of amides is 2. The lowest BCUT2D eigenvalue weighted by atomic mass is 9.96. The van der Waals surface area contributed by atoms with Gasteiger partial charge in [0.1, 0.15) is 0 Å². The first kappa shape index (κ1) is 16.8. The van der Waals surface area contributed by atoms with Crippen molar-refractivity contribution in [3.05, 3.63) is 29.6 Å². The molecule has 1 aromatic carbocycles. The van der Waals surface area contributed by atoms with Gasteiger partial charge >= 0.3 is 12.0 Å². The van der Waals surface area contributed by atoms with Gasteiger partial charge in [0.15, 0.2) is 17.5 Å². The van der Waals surface area contributed by atoms with E-state index in [1.807, 2.05) is 0 Å². The van der Waals surface area contributed by atoms with Crippen LogP contribution in [0.5, 0.6) is 0 Å². The number of hydrogen-bond acceptors (Lipinski definition) is 2. The van der Waals surface area contributed by atoms with E-state index < -0.39 is 35.4 Å². The summed E-state index contributed by atoms with van der Waals surface area (Å²) in [4.78, 5) is 22.4. The van der Waals surface area contributed by atoms with Gasteiger partial charge < -0.3 is 15.7 Å². The maximum absolute atomic E-state index is 13.0. The molecule has 0 bridgehead atoms. The smallest absolute Gasteiger partial charge is 0.319 e. The molecule has 5 nitrogen and oxygen atoms in total. The van der Waals surface area contributed by atoms with Crippen molar-refractivity contribution >= 4 is 17.7 Å². The molecule has 116 valence electrons. The van der Waals surface area contributed by atoms with Gasteiger partial charge in [-0.15, -0.1) is 0 Å². The average molecular weight is 304 g/mol. The maximum atomic E-state index is 13.0. The number of nitrogens with one attached hydrogen (secondary N) is 2. The molecule has 1 unspecified atom stereocenters. The molecule has 0 aliphatic heterocycles. The largest absolute Gasteiger partial charge is 0.481 e. The van der Waals surface area contributed by atoms with E-state index in [0.717, 1.165) is 0 Å². The molecule has 21 heavy (non-hydrogen) atoms. The first-order valence-corrected chi connectivity index (χ1v) is 6.14. The Hall–Kier alpha value is -2.25. The van der Waals surface area contributed by atoms with Gasteiger partial charge in [-0.25, -0.2) is 18.0 Å². The van der Waals surface area contributed by atoms with Crippen molar-refractivity contribution in [3.63, 3.8) is 0 Å². The molecule has 1 atom stereocenters. The molecule has 0 saturated carbocycles. The fraction of sp³-hybridized carbons (Fsp3) is 0.385. The van der Waals surface area contributed by atoms with E-state index in [9.17, 15) is 22.8 Å². The summed E-state index contributed by atoms with van der Waals surface area (Å²) in [7, 11) is 0. The Kier molecular flexibility index (Phi) is 5.57. The monoisotopic (exact) mass is 304 g/mol. The Morgan fingerprint density at radius 1 is 1.19 bits per heavy atom. The minimum atomic E-state index is -1.63. The number of benzene rings is 1. The molecule has 0 aliphatic rings. The van der Waals surface area contributed by atoms with Crippen molar-refractivity contribution in [2.24, 2.45) is 11.8 Å². The highest BCUT2D eigenvalue weighted by Gasteiger charge is 2.22. The molecule has 2 amide bonds. The lowest BCUT2D eigenvalue weighted by molar-refractivity contribution is -0.142. The molecule has 3 N–H and O–H groups in total. The molecule has 0 aliphatic carbocycles. The highest BCUT2D eigenvalue weighted by atomic mass is 19.2. The predicted octanol–water partition coefficient (Wildman–Crippen LogP) is 2.58. The van der Waals surface area contributed by atoms with Gasteiger partial charge in [-0.1, -0.05) is 13.8 Å². The number of carboxylic acid groups (broad SMARTS) is 1. The van der Waals surface area contributed by atoms with Crippen molar-refractivity contribution in [2.75, 3.05) is 11.9 Å². The van der Waals surface area contributed by atoms with Gasteiger partial charge in [0.05, 0.1) is 5.92 Å². The predicted molar refractivity (Wildman–Crippen MR) is 69.3 cm³/mol. The van der Waals surface area contributed by atoms with Crippen LogP contribution >= 0.6 is 0 Å². The quantitative estimate of drug-likeness (QED) is 0.732. The Bertz CT molecular complexity index is 526. The van der Waals surface area contributed by atoms with E-state index in [-0.39, 0.29) is 18.2 Å². The van der Waals surface area contributed by atoms with Crippen LogP contribution in [0, 0.1) is 29.3 Å². The van der Waals surface area contributed by atoms with Crippen molar-refractivity contribution in [1.29, 1.82) is 0 Å². The third-order valence-electron chi connectivity index (χ3n) is 2.85. The van der Waals surface area contributed by atoms with Crippen LogP contribution in [0.1, 0.15) is 13.8 Å². The van der Waals surface area contributed by atoms with Crippen LogP contribution in [0.25, 0.3) is 0 Å². The third-order valence-corrected chi connectivity index (χ3v) is 2.85. The lowest BCUT2D eigenvalue weighted by Gasteiger charge is -2.17. The molecule has 0 fully saturated rings. The Labute approximate surface area is 119 Å². The lowest BCUT2D eigenvalue weighted by Crippen LogP contribution is -2.37. The fourth-order valence-corrected chi connectivity index (χ4v) is 1.61. The fourth-order valence-electron chi connectivity index (χ4n) is 1.61. The molecule has 1 rings (SSSR count). The van der Waals surface area contributed by atoms with Crippen LogP contribution in [0.15, 0.2) is 12.1 Å². The number of anilines is 1. The summed E-state index contributed by atoms with van der Waals surface area (Å²) in [6.45, 7) is 3.22. The number of carboxylic acids is 1. The summed E-state index contributed by atoms with van der Waals surface area (Å²) in [5.74, 6) is -6.57. The third kappa shape index (κ3) is 4.66. The Morgan fingerprint density at radius 3 is 2.14 bits per heavy atom. The number of hydrogen-bond donors (Lipinski definition) is 3. The van der Waals surface area contributed by atoms with Crippen LogP contribution in [0.4, 0.5) is 23.7 Å². The maximum Gasteiger partial charge on any atom is 0.319 e. The highest BCUT2D eigenvalue weighted by molar-refractivity contribution is 5.89. The van der Waals surface area contributed by atoms with Gasteiger partial charge in [0, 0.05) is 24.4 Å². The van der Waals surface area contributed by atoms with E-state index in [4.69, 9.17) is 5.11 Å². The Morgan fingerprint density at radius 2 is 1.71 bits per heavy atom. The van der Waals surface area contributed by atoms with E-state index in [1.165, 1.54) is 0 Å². The molecule has 8 heteroatoms. The summed E-state index contributed by atoms with van der Waals surface area (Å²) in [6.07, 6.45) is 0. The molecule has 0 heterocycles. The molecule has 0 radical (unpaired) electrons. The van der Waals surface area contributed by atoms with E-state index in [0.29, 0.717) is 12.1 Å².